The Morgan fingerprint density at radius 3 is 2.48 bits per heavy atom. The van der Waals surface area contributed by atoms with Crippen LogP contribution in [-0.2, 0) is 24.4 Å². The van der Waals surface area contributed by atoms with Gasteiger partial charge in [-0.3, -0.25) is 14.7 Å². The molecule has 3 aromatic rings. The largest absolute Gasteiger partial charge is 0.489 e. The Morgan fingerprint density at radius 2 is 1.71 bits per heavy atom. The highest BCUT2D eigenvalue weighted by atomic mass is 35.5. The Bertz CT molecular complexity index is 1000. The number of halogens is 1. The molecule has 1 saturated heterocycles. The minimum atomic E-state index is 0.170. The monoisotopic (exact) mass is 435 g/mol. The number of nitrogens with zero attached hydrogens (tertiary/aromatic N) is 3. The van der Waals surface area contributed by atoms with E-state index in [0.29, 0.717) is 18.1 Å². The Labute approximate surface area is 188 Å². The summed E-state index contributed by atoms with van der Waals surface area (Å²) in [6.45, 7) is 4.58. The number of piperazine rings is 1. The van der Waals surface area contributed by atoms with E-state index in [-0.39, 0.29) is 5.91 Å². The summed E-state index contributed by atoms with van der Waals surface area (Å²) in [5, 5.41) is 0.716. The van der Waals surface area contributed by atoms with Crippen LogP contribution in [0.25, 0.3) is 0 Å². The number of benzene rings is 2. The van der Waals surface area contributed by atoms with Crippen molar-refractivity contribution in [3.63, 3.8) is 0 Å². The highest BCUT2D eigenvalue weighted by molar-refractivity contribution is 6.30. The summed E-state index contributed by atoms with van der Waals surface area (Å²) in [6.07, 6.45) is 3.90. The van der Waals surface area contributed by atoms with Crippen molar-refractivity contribution in [3.8, 4) is 5.75 Å². The molecule has 0 aliphatic carbocycles. The lowest BCUT2D eigenvalue weighted by Gasteiger charge is -2.34. The third kappa shape index (κ3) is 6.29. The lowest BCUT2D eigenvalue weighted by Crippen LogP contribution is -2.48. The van der Waals surface area contributed by atoms with E-state index in [4.69, 9.17) is 16.3 Å². The van der Waals surface area contributed by atoms with E-state index in [2.05, 4.69) is 22.0 Å². The van der Waals surface area contributed by atoms with E-state index < -0.39 is 0 Å². The summed E-state index contributed by atoms with van der Waals surface area (Å²) in [7, 11) is 0. The zero-order chi connectivity index (χ0) is 21.5. The fraction of sp³-hybridized carbons (Fsp3) is 0.280. The molecule has 0 atom stereocenters. The molecule has 160 valence electrons. The standard InChI is InChI=1S/C25H26ClN3O2/c26-23-7-1-5-22(14-23)19-31-24-8-2-4-21(15-24)18-28-10-12-29(13-11-28)25(30)16-20-6-3-9-27-17-20/h1-9,14-15,17H,10-13,16,18-19H2. The maximum absolute atomic E-state index is 12.5. The van der Waals surface area contributed by atoms with Crippen molar-refractivity contribution in [1.82, 2.24) is 14.8 Å². The Balaban J connectivity index is 1.25. The zero-order valence-corrected chi connectivity index (χ0v) is 18.2. The SMILES string of the molecule is O=C(Cc1cccnc1)N1CCN(Cc2cccc(OCc3cccc(Cl)c3)c2)CC1. The van der Waals surface area contributed by atoms with E-state index in [1.807, 2.05) is 53.4 Å². The quantitative estimate of drug-likeness (QED) is 0.558. The lowest BCUT2D eigenvalue weighted by molar-refractivity contribution is -0.132. The minimum Gasteiger partial charge on any atom is -0.489 e. The summed E-state index contributed by atoms with van der Waals surface area (Å²) >= 11 is 6.04. The fourth-order valence-corrected chi connectivity index (χ4v) is 3.94. The van der Waals surface area contributed by atoms with Crippen molar-refractivity contribution in [2.75, 3.05) is 26.2 Å². The van der Waals surface area contributed by atoms with Gasteiger partial charge >= 0.3 is 0 Å². The molecule has 1 amide bonds. The highest BCUT2D eigenvalue weighted by Crippen LogP contribution is 2.19. The predicted molar refractivity (Wildman–Crippen MR) is 122 cm³/mol. The second-order valence-corrected chi connectivity index (χ2v) is 8.20. The van der Waals surface area contributed by atoms with Crippen LogP contribution in [0.15, 0.2) is 73.1 Å². The smallest absolute Gasteiger partial charge is 0.227 e. The average Bonchev–Trinajstić information content (AvgIpc) is 2.79. The molecular formula is C25H26ClN3O2. The maximum Gasteiger partial charge on any atom is 0.227 e. The normalized spacial score (nSPS) is 14.4. The summed E-state index contributed by atoms with van der Waals surface area (Å²) in [6, 6.07) is 19.7. The second kappa shape index (κ2) is 10.4. The molecule has 0 spiro atoms. The number of rotatable bonds is 7. The Hall–Kier alpha value is -2.89. The Morgan fingerprint density at radius 1 is 0.935 bits per heavy atom. The van der Waals surface area contributed by atoms with Crippen molar-refractivity contribution in [2.24, 2.45) is 0 Å². The van der Waals surface area contributed by atoms with E-state index in [9.17, 15) is 4.79 Å². The van der Waals surface area contributed by atoms with Gasteiger partial charge < -0.3 is 9.64 Å². The van der Waals surface area contributed by atoms with E-state index in [1.165, 1.54) is 5.56 Å². The van der Waals surface area contributed by atoms with Crippen molar-refractivity contribution in [3.05, 3.63) is 94.8 Å². The molecule has 5 nitrogen and oxygen atoms in total. The second-order valence-electron chi connectivity index (χ2n) is 7.76. The first-order chi connectivity index (χ1) is 15.2. The number of aromatic nitrogens is 1. The van der Waals surface area contributed by atoms with Crippen LogP contribution in [0.4, 0.5) is 0 Å². The third-order valence-corrected chi connectivity index (χ3v) is 5.64. The van der Waals surface area contributed by atoms with Crippen LogP contribution < -0.4 is 4.74 Å². The zero-order valence-electron chi connectivity index (χ0n) is 17.4. The Kier molecular flexibility index (Phi) is 7.18. The number of carbonyl (C=O) groups is 1. The van der Waals surface area contributed by atoms with Crippen molar-refractivity contribution < 1.29 is 9.53 Å². The van der Waals surface area contributed by atoms with E-state index in [0.717, 1.165) is 49.6 Å². The first-order valence-corrected chi connectivity index (χ1v) is 10.9. The highest BCUT2D eigenvalue weighted by Gasteiger charge is 2.21. The van der Waals surface area contributed by atoms with Crippen LogP contribution in [0.1, 0.15) is 16.7 Å². The van der Waals surface area contributed by atoms with Crippen LogP contribution in [-0.4, -0.2) is 46.9 Å². The first-order valence-electron chi connectivity index (χ1n) is 10.5. The van der Waals surface area contributed by atoms with Gasteiger partial charge in [-0.2, -0.15) is 0 Å². The van der Waals surface area contributed by atoms with Gasteiger partial charge in [0.05, 0.1) is 6.42 Å². The van der Waals surface area contributed by atoms with E-state index in [1.54, 1.807) is 12.4 Å². The maximum atomic E-state index is 12.5. The molecule has 2 heterocycles. The molecule has 2 aromatic carbocycles. The molecule has 6 heteroatoms. The van der Waals surface area contributed by atoms with Gasteiger partial charge in [-0.25, -0.2) is 0 Å². The van der Waals surface area contributed by atoms with Gasteiger partial charge in [0.2, 0.25) is 5.91 Å². The molecule has 31 heavy (non-hydrogen) atoms. The topological polar surface area (TPSA) is 45.7 Å². The number of ether oxygens (including phenoxy) is 1. The number of amides is 1. The van der Waals surface area contributed by atoms with Gasteiger partial charge in [0.25, 0.3) is 0 Å². The molecule has 0 bridgehead atoms. The molecule has 0 unspecified atom stereocenters. The van der Waals surface area contributed by atoms with Gasteiger partial charge in [-0.05, 0) is 47.0 Å². The summed E-state index contributed by atoms with van der Waals surface area (Å²) in [4.78, 5) is 21.0. The van der Waals surface area contributed by atoms with Gasteiger partial charge in [0, 0.05) is 50.1 Å². The molecule has 0 radical (unpaired) electrons. The molecule has 1 fully saturated rings. The molecule has 4 rings (SSSR count). The predicted octanol–water partition coefficient (Wildman–Crippen LogP) is 4.20. The molecule has 0 N–H and O–H groups in total. The lowest BCUT2D eigenvalue weighted by atomic mass is 10.1. The number of hydrogen-bond donors (Lipinski definition) is 0. The molecular weight excluding hydrogens is 410 g/mol. The number of carbonyl (C=O) groups excluding carboxylic acids is 1. The van der Waals surface area contributed by atoms with Crippen LogP contribution in [0.3, 0.4) is 0 Å². The van der Waals surface area contributed by atoms with Gasteiger partial charge in [-0.15, -0.1) is 0 Å². The molecule has 0 saturated carbocycles. The number of hydrogen-bond acceptors (Lipinski definition) is 4. The summed E-state index contributed by atoms with van der Waals surface area (Å²) in [5.74, 6) is 1.02. The van der Waals surface area contributed by atoms with Crippen molar-refractivity contribution in [1.29, 1.82) is 0 Å². The average molecular weight is 436 g/mol. The van der Waals surface area contributed by atoms with Crippen molar-refractivity contribution >= 4 is 17.5 Å². The molecule has 1 aromatic heterocycles. The minimum absolute atomic E-state index is 0.170. The van der Waals surface area contributed by atoms with Gasteiger partial charge in [0.1, 0.15) is 12.4 Å². The summed E-state index contributed by atoms with van der Waals surface area (Å²) < 4.78 is 5.95. The van der Waals surface area contributed by atoms with Crippen LogP contribution in [0.5, 0.6) is 5.75 Å². The van der Waals surface area contributed by atoms with Crippen LogP contribution >= 0.6 is 11.6 Å². The van der Waals surface area contributed by atoms with Crippen LogP contribution in [0.2, 0.25) is 5.02 Å². The van der Waals surface area contributed by atoms with Crippen LogP contribution in [0, 0.1) is 0 Å². The first kappa shape index (κ1) is 21.3. The summed E-state index contributed by atoms with van der Waals surface area (Å²) in [5.41, 5.74) is 3.22. The molecule has 1 aliphatic rings. The third-order valence-electron chi connectivity index (χ3n) is 5.40. The van der Waals surface area contributed by atoms with Gasteiger partial charge in [-0.1, -0.05) is 41.9 Å². The van der Waals surface area contributed by atoms with Gasteiger partial charge in [0.15, 0.2) is 0 Å². The fourth-order valence-electron chi connectivity index (χ4n) is 3.73. The number of pyridine rings is 1. The molecule has 1 aliphatic heterocycles. The van der Waals surface area contributed by atoms with Crippen molar-refractivity contribution in [2.45, 2.75) is 19.6 Å². The van der Waals surface area contributed by atoms with E-state index >= 15 is 0 Å².